The third kappa shape index (κ3) is 4.22. The van der Waals surface area contributed by atoms with Crippen LogP contribution in [0.25, 0.3) is 0 Å². The van der Waals surface area contributed by atoms with E-state index < -0.39 is 29.6 Å². The summed E-state index contributed by atoms with van der Waals surface area (Å²) in [4.78, 5) is 24.4. The van der Waals surface area contributed by atoms with Crippen molar-refractivity contribution in [3.05, 3.63) is 16.0 Å². The van der Waals surface area contributed by atoms with Crippen molar-refractivity contribution in [2.75, 3.05) is 17.8 Å². The average Bonchev–Trinajstić information content (AvgIpc) is 2.87. The zero-order valence-corrected chi connectivity index (χ0v) is 15.8. The summed E-state index contributed by atoms with van der Waals surface area (Å²) in [5, 5.41) is 12.7. The Bertz CT molecular complexity index is 730. The van der Waals surface area contributed by atoms with E-state index in [1.54, 1.807) is 19.2 Å². The van der Waals surface area contributed by atoms with E-state index in [2.05, 4.69) is 4.74 Å². The first-order chi connectivity index (χ1) is 12.1. The predicted molar refractivity (Wildman–Crippen MR) is 91.1 cm³/mol. The maximum Gasteiger partial charge on any atom is 0.441 e. The maximum absolute atomic E-state index is 13.9. The molecular weight excluding hydrogens is 395 g/mol. The number of alkyl halides is 4. The molecule has 11 heteroatoms. The van der Waals surface area contributed by atoms with E-state index in [0.717, 1.165) is 11.3 Å². The lowest BCUT2D eigenvalue weighted by atomic mass is 10.1. The molecule has 1 amide bonds. The van der Waals surface area contributed by atoms with Gasteiger partial charge in [-0.1, -0.05) is 6.92 Å². The normalized spacial score (nSPS) is 13.5. The van der Waals surface area contributed by atoms with Crippen LogP contribution in [0.3, 0.4) is 0 Å². The standard InChI is InChI=1S/C15H17ClF3N3O3S/c1-4-9-8(3)26-12(10(9)7-20)22-14(15(17,18)19,13(24)25-5-2)21-11(23)6-16/h22H,4-6H2,1-3H3,(H,21,23)/t14-/m0/s1. The zero-order valence-electron chi connectivity index (χ0n) is 14.2. The van der Waals surface area contributed by atoms with E-state index in [9.17, 15) is 28.0 Å². The fourth-order valence-corrected chi connectivity index (χ4v) is 3.47. The van der Waals surface area contributed by atoms with Gasteiger partial charge in [0.15, 0.2) is 0 Å². The lowest BCUT2D eigenvalue weighted by Gasteiger charge is -2.34. The Balaban J connectivity index is 3.57. The van der Waals surface area contributed by atoms with Crippen LogP contribution in [-0.4, -0.2) is 36.2 Å². The van der Waals surface area contributed by atoms with E-state index in [0.29, 0.717) is 16.9 Å². The smallest absolute Gasteiger partial charge is 0.441 e. The Hall–Kier alpha value is -1.99. The van der Waals surface area contributed by atoms with E-state index in [1.807, 2.05) is 11.4 Å². The number of amides is 1. The molecule has 144 valence electrons. The predicted octanol–water partition coefficient (Wildman–Crippen LogP) is 3.08. The van der Waals surface area contributed by atoms with Gasteiger partial charge in [-0.25, -0.2) is 4.79 Å². The molecule has 0 bridgehead atoms. The minimum atomic E-state index is -5.27. The summed E-state index contributed by atoms with van der Waals surface area (Å²) in [6, 6.07) is 1.84. The Labute approximate surface area is 157 Å². The number of ether oxygens (including phenoxy) is 1. The first-order valence-corrected chi connectivity index (χ1v) is 8.84. The lowest BCUT2D eigenvalue weighted by Crippen LogP contribution is -2.69. The fourth-order valence-electron chi connectivity index (χ4n) is 2.25. The zero-order chi connectivity index (χ0) is 20.1. The number of hydrogen-bond acceptors (Lipinski definition) is 6. The molecule has 1 rings (SSSR count). The molecule has 1 aromatic heterocycles. The van der Waals surface area contributed by atoms with Crippen LogP contribution < -0.4 is 10.6 Å². The molecule has 0 aliphatic rings. The average molecular weight is 412 g/mol. The molecule has 0 aromatic carbocycles. The molecule has 1 aromatic rings. The van der Waals surface area contributed by atoms with Gasteiger partial charge in [0.1, 0.15) is 17.0 Å². The number of hydrogen-bond donors (Lipinski definition) is 2. The van der Waals surface area contributed by atoms with E-state index in [4.69, 9.17) is 11.6 Å². The van der Waals surface area contributed by atoms with Crippen molar-refractivity contribution in [2.45, 2.75) is 39.0 Å². The first kappa shape index (κ1) is 22.1. The van der Waals surface area contributed by atoms with Crippen molar-refractivity contribution in [3.63, 3.8) is 0 Å². The van der Waals surface area contributed by atoms with Crippen molar-refractivity contribution in [1.29, 1.82) is 5.26 Å². The Morgan fingerprint density at radius 3 is 2.38 bits per heavy atom. The SMILES string of the molecule is CCOC(=O)[C@](NC(=O)CCl)(Nc1sc(C)c(CC)c1C#N)C(F)(F)F. The van der Waals surface area contributed by atoms with Gasteiger partial charge in [-0.15, -0.1) is 22.9 Å². The third-order valence-electron chi connectivity index (χ3n) is 3.43. The molecule has 0 fully saturated rings. The van der Waals surface area contributed by atoms with Crippen molar-refractivity contribution in [3.8, 4) is 6.07 Å². The van der Waals surface area contributed by atoms with Crippen molar-refractivity contribution in [2.24, 2.45) is 0 Å². The number of anilines is 1. The minimum absolute atomic E-state index is 0.0203. The molecule has 26 heavy (non-hydrogen) atoms. The third-order valence-corrected chi connectivity index (χ3v) is 4.74. The van der Waals surface area contributed by atoms with E-state index >= 15 is 0 Å². The number of carbonyl (C=O) groups is 2. The molecular formula is C15H17ClF3N3O3S. The second-order valence-corrected chi connectivity index (χ2v) is 6.57. The highest BCUT2D eigenvalue weighted by molar-refractivity contribution is 7.16. The second-order valence-electron chi connectivity index (χ2n) is 5.08. The monoisotopic (exact) mass is 411 g/mol. The molecule has 0 saturated heterocycles. The summed E-state index contributed by atoms with van der Waals surface area (Å²) in [6.07, 6.45) is -4.85. The number of carbonyl (C=O) groups excluding carboxylic acids is 2. The molecule has 0 aliphatic heterocycles. The van der Waals surface area contributed by atoms with Gasteiger partial charge in [-0.3, -0.25) is 4.79 Å². The number of halogens is 4. The molecule has 2 N–H and O–H groups in total. The topological polar surface area (TPSA) is 91.2 Å². The molecule has 0 unspecified atom stereocenters. The van der Waals surface area contributed by atoms with Gasteiger partial charge in [-0.2, -0.15) is 18.4 Å². The van der Waals surface area contributed by atoms with Crippen LogP contribution in [0.1, 0.15) is 29.9 Å². The van der Waals surface area contributed by atoms with Gasteiger partial charge in [-0.05, 0) is 25.8 Å². The van der Waals surface area contributed by atoms with Crippen LogP contribution in [0, 0.1) is 18.3 Å². The highest BCUT2D eigenvalue weighted by Crippen LogP contribution is 2.39. The van der Waals surface area contributed by atoms with Gasteiger partial charge in [0.2, 0.25) is 5.91 Å². The molecule has 1 atom stereocenters. The number of nitrogens with zero attached hydrogens (tertiary/aromatic N) is 1. The Kier molecular flexibility index (Phi) is 7.29. The number of aryl methyl sites for hydroxylation is 1. The van der Waals surface area contributed by atoms with Crippen LogP contribution in [0.5, 0.6) is 0 Å². The highest BCUT2D eigenvalue weighted by atomic mass is 35.5. The summed E-state index contributed by atoms with van der Waals surface area (Å²) < 4.78 is 46.1. The van der Waals surface area contributed by atoms with Crippen LogP contribution in [0.4, 0.5) is 18.2 Å². The second kappa shape index (κ2) is 8.60. The van der Waals surface area contributed by atoms with Crippen molar-refractivity contribution >= 4 is 39.8 Å². The van der Waals surface area contributed by atoms with Gasteiger partial charge >= 0.3 is 17.8 Å². The lowest BCUT2D eigenvalue weighted by molar-refractivity contribution is -0.207. The van der Waals surface area contributed by atoms with Crippen LogP contribution >= 0.6 is 22.9 Å². The molecule has 0 spiro atoms. The van der Waals surface area contributed by atoms with Crippen molar-refractivity contribution < 1.29 is 27.5 Å². The molecule has 6 nitrogen and oxygen atoms in total. The summed E-state index contributed by atoms with van der Waals surface area (Å²) in [6.45, 7) is 4.38. The Morgan fingerprint density at radius 2 is 1.96 bits per heavy atom. The number of rotatable bonds is 7. The van der Waals surface area contributed by atoms with Crippen LogP contribution in [0.15, 0.2) is 0 Å². The molecule has 0 aliphatic carbocycles. The maximum atomic E-state index is 13.9. The van der Waals surface area contributed by atoms with Crippen molar-refractivity contribution in [1.82, 2.24) is 5.32 Å². The molecule has 0 saturated carbocycles. The van der Waals surface area contributed by atoms with E-state index in [-0.39, 0.29) is 17.2 Å². The largest absolute Gasteiger partial charge is 0.463 e. The Morgan fingerprint density at radius 1 is 1.35 bits per heavy atom. The van der Waals surface area contributed by atoms with Gasteiger partial charge < -0.3 is 15.4 Å². The van der Waals surface area contributed by atoms with Gasteiger partial charge in [0, 0.05) is 4.88 Å². The van der Waals surface area contributed by atoms with Gasteiger partial charge in [0.05, 0.1) is 12.2 Å². The summed E-state index contributed by atoms with van der Waals surface area (Å²) in [5.74, 6) is -3.78. The first-order valence-electron chi connectivity index (χ1n) is 7.49. The summed E-state index contributed by atoms with van der Waals surface area (Å²) >= 11 is 6.17. The number of nitrogens with one attached hydrogen (secondary N) is 2. The number of esters is 1. The van der Waals surface area contributed by atoms with Gasteiger partial charge in [0.25, 0.3) is 0 Å². The minimum Gasteiger partial charge on any atom is -0.463 e. The van der Waals surface area contributed by atoms with Crippen LogP contribution in [-0.2, 0) is 20.7 Å². The quantitative estimate of drug-likeness (QED) is 0.409. The molecule has 0 radical (unpaired) electrons. The highest BCUT2D eigenvalue weighted by Gasteiger charge is 2.64. The summed E-state index contributed by atoms with van der Waals surface area (Å²) in [7, 11) is 0. The van der Waals surface area contributed by atoms with E-state index in [1.165, 1.54) is 6.92 Å². The number of thiophene rings is 1. The fraction of sp³-hybridized carbons (Fsp3) is 0.533. The number of nitriles is 1. The summed E-state index contributed by atoms with van der Waals surface area (Å²) in [5.41, 5.74) is -3.03. The van der Waals surface area contributed by atoms with Crippen LogP contribution in [0.2, 0.25) is 0 Å². The molecule has 1 heterocycles.